The first-order valence-electron chi connectivity index (χ1n) is 5.53. The zero-order valence-corrected chi connectivity index (χ0v) is 9.59. The van der Waals surface area contributed by atoms with Gasteiger partial charge in [-0.2, -0.15) is 0 Å². The Labute approximate surface area is 91.9 Å². The molecule has 0 bridgehead atoms. The van der Waals surface area contributed by atoms with Crippen LogP contribution in [-0.2, 0) is 0 Å². The number of hydrogen-bond acceptors (Lipinski definition) is 3. The van der Waals surface area contributed by atoms with Gasteiger partial charge in [-0.25, -0.2) is 0 Å². The van der Waals surface area contributed by atoms with Gasteiger partial charge >= 0.3 is 0 Å². The minimum atomic E-state index is 0.264. The van der Waals surface area contributed by atoms with E-state index in [0.717, 1.165) is 23.5 Å². The van der Waals surface area contributed by atoms with Crippen LogP contribution in [0.15, 0.2) is 18.2 Å². The lowest BCUT2D eigenvalue weighted by Gasteiger charge is -2.16. The third-order valence-electron chi connectivity index (χ3n) is 2.56. The zero-order valence-electron chi connectivity index (χ0n) is 9.59. The summed E-state index contributed by atoms with van der Waals surface area (Å²) in [5, 5.41) is 3.43. The number of rotatable bonds is 5. The number of unbranched alkanes of at least 4 members (excludes halogenated alkanes) is 1. The van der Waals surface area contributed by atoms with E-state index in [1.54, 1.807) is 0 Å². The normalized spacial score (nSPS) is 12.7. The average molecular weight is 207 g/mol. The van der Waals surface area contributed by atoms with Crippen LogP contribution in [-0.4, -0.2) is 6.54 Å². The molecule has 84 valence electrons. The van der Waals surface area contributed by atoms with Crippen LogP contribution < -0.4 is 16.8 Å². The molecule has 3 heteroatoms. The molecule has 5 N–H and O–H groups in total. The molecule has 0 aromatic heterocycles. The standard InChI is InChI=1S/C12H21N3/c1-3-4-7-15-9(2)11-8-10(13)5-6-12(11)14/h5-6,8-9,15H,3-4,7,13-14H2,1-2H3. The van der Waals surface area contributed by atoms with Crippen LogP contribution in [0.1, 0.15) is 38.3 Å². The first-order chi connectivity index (χ1) is 7.15. The van der Waals surface area contributed by atoms with E-state index in [-0.39, 0.29) is 6.04 Å². The van der Waals surface area contributed by atoms with Crippen molar-refractivity contribution in [2.24, 2.45) is 0 Å². The Kier molecular flexibility index (Phi) is 4.43. The summed E-state index contributed by atoms with van der Waals surface area (Å²) in [5.74, 6) is 0. The highest BCUT2D eigenvalue weighted by Gasteiger charge is 2.08. The molecule has 1 rings (SSSR count). The van der Waals surface area contributed by atoms with Crippen molar-refractivity contribution in [1.29, 1.82) is 0 Å². The van der Waals surface area contributed by atoms with E-state index in [0.29, 0.717) is 0 Å². The van der Waals surface area contributed by atoms with Gasteiger partial charge in [-0.05, 0) is 43.7 Å². The molecule has 0 aliphatic heterocycles. The minimum Gasteiger partial charge on any atom is -0.399 e. The van der Waals surface area contributed by atoms with Gasteiger partial charge in [-0.15, -0.1) is 0 Å². The SMILES string of the molecule is CCCCNC(C)c1cc(N)ccc1N. The lowest BCUT2D eigenvalue weighted by Crippen LogP contribution is -2.20. The Hall–Kier alpha value is -1.22. The molecule has 0 amide bonds. The van der Waals surface area contributed by atoms with Crippen LogP contribution in [0.2, 0.25) is 0 Å². The first kappa shape index (κ1) is 11.9. The number of nitrogens with one attached hydrogen (secondary N) is 1. The third-order valence-corrected chi connectivity index (χ3v) is 2.56. The van der Waals surface area contributed by atoms with E-state index in [1.165, 1.54) is 12.8 Å². The number of nitrogens with two attached hydrogens (primary N) is 2. The van der Waals surface area contributed by atoms with Crippen molar-refractivity contribution in [3.8, 4) is 0 Å². The summed E-state index contributed by atoms with van der Waals surface area (Å²) in [6, 6.07) is 5.90. The monoisotopic (exact) mass is 207 g/mol. The molecule has 0 saturated carbocycles. The van der Waals surface area contributed by atoms with Crippen LogP contribution in [0.4, 0.5) is 11.4 Å². The molecule has 15 heavy (non-hydrogen) atoms. The van der Waals surface area contributed by atoms with Gasteiger partial charge in [0.2, 0.25) is 0 Å². The van der Waals surface area contributed by atoms with Gasteiger partial charge in [0.15, 0.2) is 0 Å². The lowest BCUT2D eigenvalue weighted by molar-refractivity contribution is 0.556. The average Bonchev–Trinajstić information content (AvgIpc) is 2.22. The molecule has 0 radical (unpaired) electrons. The van der Waals surface area contributed by atoms with E-state index in [9.17, 15) is 0 Å². The van der Waals surface area contributed by atoms with Crippen LogP contribution >= 0.6 is 0 Å². The first-order valence-corrected chi connectivity index (χ1v) is 5.53. The van der Waals surface area contributed by atoms with Crippen molar-refractivity contribution < 1.29 is 0 Å². The van der Waals surface area contributed by atoms with E-state index in [1.807, 2.05) is 18.2 Å². The van der Waals surface area contributed by atoms with Crippen molar-refractivity contribution in [3.05, 3.63) is 23.8 Å². The van der Waals surface area contributed by atoms with Crippen LogP contribution in [0.25, 0.3) is 0 Å². The molecule has 1 unspecified atom stereocenters. The Morgan fingerprint density at radius 2 is 2.07 bits per heavy atom. The quantitative estimate of drug-likeness (QED) is 0.513. The summed E-state index contributed by atoms with van der Waals surface area (Å²) in [6.45, 7) is 5.31. The second-order valence-corrected chi connectivity index (χ2v) is 3.92. The molecular formula is C12H21N3. The molecule has 0 aliphatic rings. The maximum atomic E-state index is 5.90. The van der Waals surface area contributed by atoms with Gasteiger partial charge < -0.3 is 16.8 Å². The number of nitrogen functional groups attached to an aromatic ring is 2. The predicted molar refractivity (Wildman–Crippen MR) is 66.6 cm³/mol. The maximum Gasteiger partial charge on any atom is 0.0363 e. The molecule has 1 atom stereocenters. The molecule has 1 aromatic carbocycles. The Bertz CT molecular complexity index is 310. The number of anilines is 2. The Morgan fingerprint density at radius 3 is 2.73 bits per heavy atom. The van der Waals surface area contributed by atoms with Crippen LogP contribution in [0, 0.1) is 0 Å². The van der Waals surface area contributed by atoms with Gasteiger partial charge in [0.25, 0.3) is 0 Å². The molecule has 3 nitrogen and oxygen atoms in total. The fraction of sp³-hybridized carbons (Fsp3) is 0.500. The van der Waals surface area contributed by atoms with Gasteiger partial charge in [-0.1, -0.05) is 13.3 Å². The summed E-state index contributed by atoms with van der Waals surface area (Å²) in [5.41, 5.74) is 14.3. The van der Waals surface area contributed by atoms with Crippen molar-refractivity contribution in [2.45, 2.75) is 32.7 Å². The van der Waals surface area contributed by atoms with Crippen LogP contribution in [0.3, 0.4) is 0 Å². The minimum absolute atomic E-state index is 0.264. The van der Waals surface area contributed by atoms with Crippen molar-refractivity contribution in [3.63, 3.8) is 0 Å². The van der Waals surface area contributed by atoms with Crippen molar-refractivity contribution in [2.75, 3.05) is 18.0 Å². The topological polar surface area (TPSA) is 64.1 Å². The van der Waals surface area contributed by atoms with Crippen molar-refractivity contribution >= 4 is 11.4 Å². The third kappa shape index (κ3) is 3.44. The smallest absolute Gasteiger partial charge is 0.0363 e. The predicted octanol–water partition coefficient (Wildman–Crippen LogP) is 2.30. The van der Waals surface area contributed by atoms with E-state index in [2.05, 4.69) is 19.2 Å². The summed E-state index contributed by atoms with van der Waals surface area (Å²) in [6.07, 6.45) is 2.39. The fourth-order valence-electron chi connectivity index (χ4n) is 1.57. The highest BCUT2D eigenvalue weighted by molar-refractivity contribution is 5.56. The molecule has 0 fully saturated rings. The van der Waals surface area contributed by atoms with Gasteiger partial charge in [0, 0.05) is 17.4 Å². The molecule has 0 saturated heterocycles. The highest BCUT2D eigenvalue weighted by atomic mass is 14.9. The van der Waals surface area contributed by atoms with E-state index in [4.69, 9.17) is 11.5 Å². The lowest BCUT2D eigenvalue weighted by atomic mass is 10.1. The maximum absolute atomic E-state index is 5.90. The molecule has 0 heterocycles. The molecular weight excluding hydrogens is 186 g/mol. The molecule has 1 aromatic rings. The molecule has 0 spiro atoms. The Morgan fingerprint density at radius 1 is 1.33 bits per heavy atom. The summed E-state index contributed by atoms with van der Waals surface area (Å²) in [4.78, 5) is 0. The van der Waals surface area contributed by atoms with E-state index >= 15 is 0 Å². The summed E-state index contributed by atoms with van der Waals surface area (Å²) < 4.78 is 0. The summed E-state index contributed by atoms with van der Waals surface area (Å²) in [7, 11) is 0. The Balaban J connectivity index is 2.64. The highest BCUT2D eigenvalue weighted by Crippen LogP contribution is 2.22. The van der Waals surface area contributed by atoms with Gasteiger partial charge in [0.1, 0.15) is 0 Å². The van der Waals surface area contributed by atoms with Crippen LogP contribution in [0.5, 0.6) is 0 Å². The number of benzene rings is 1. The largest absolute Gasteiger partial charge is 0.399 e. The number of hydrogen-bond donors (Lipinski definition) is 3. The zero-order chi connectivity index (χ0) is 11.3. The van der Waals surface area contributed by atoms with Gasteiger partial charge in [0.05, 0.1) is 0 Å². The second kappa shape index (κ2) is 5.61. The van der Waals surface area contributed by atoms with E-state index < -0.39 is 0 Å². The second-order valence-electron chi connectivity index (χ2n) is 3.92. The summed E-state index contributed by atoms with van der Waals surface area (Å²) >= 11 is 0. The molecule has 0 aliphatic carbocycles. The van der Waals surface area contributed by atoms with Gasteiger partial charge in [-0.3, -0.25) is 0 Å². The van der Waals surface area contributed by atoms with Crippen molar-refractivity contribution in [1.82, 2.24) is 5.32 Å². The fourth-order valence-corrected chi connectivity index (χ4v) is 1.57.